The Morgan fingerprint density at radius 3 is 2.68 bits per heavy atom. The molecule has 11 heteroatoms. The van der Waals surface area contributed by atoms with Crippen LogP contribution in [-0.2, 0) is 9.47 Å². The van der Waals surface area contributed by atoms with Crippen LogP contribution in [0.2, 0.25) is 0 Å². The van der Waals surface area contributed by atoms with Crippen LogP contribution in [0.5, 0.6) is 5.88 Å². The van der Waals surface area contributed by atoms with E-state index in [9.17, 15) is 0 Å². The molecule has 0 aliphatic carbocycles. The molecule has 0 spiro atoms. The van der Waals surface area contributed by atoms with E-state index >= 15 is 0 Å². The minimum absolute atomic E-state index is 0.179. The molecule has 0 bridgehead atoms. The maximum absolute atomic E-state index is 5.55. The van der Waals surface area contributed by atoms with Gasteiger partial charge in [0.2, 0.25) is 11.8 Å². The zero-order valence-electron chi connectivity index (χ0n) is 17.7. The number of hydrogen-bond donors (Lipinski definition) is 1. The van der Waals surface area contributed by atoms with Crippen molar-refractivity contribution in [1.82, 2.24) is 24.5 Å². The summed E-state index contributed by atoms with van der Waals surface area (Å²) in [4.78, 5) is 22.3. The molecule has 0 aliphatic heterocycles. The second kappa shape index (κ2) is 9.94. The van der Waals surface area contributed by atoms with Gasteiger partial charge in [0.15, 0.2) is 28.6 Å². The Kier molecular flexibility index (Phi) is 7.08. The summed E-state index contributed by atoms with van der Waals surface area (Å²) in [6, 6.07) is 5.41. The summed E-state index contributed by atoms with van der Waals surface area (Å²) in [6.07, 6.45) is 3.49. The number of nitrogens with one attached hydrogen (secondary N) is 1. The monoisotopic (exact) mass is 441 g/mol. The molecule has 0 amide bonds. The molecule has 0 aromatic carbocycles. The van der Waals surface area contributed by atoms with E-state index in [4.69, 9.17) is 14.2 Å². The van der Waals surface area contributed by atoms with Gasteiger partial charge in [-0.25, -0.2) is 24.9 Å². The summed E-state index contributed by atoms with van der Waals surface area (Å²) >= 11 is 1.40. The van der Waals surface area contributed by atoms with Gasteiger partial charge in [-0.3, -0.25) is 4.57 Å². The molecule has 3 aromatic heterocycles. The molecule has 3 rings (SSSR count). The van der Waals surface area contributed by atoms with E-state index < -0.39 is 0 Å². The topological polar surface area (TPSA) is 109 Å². The summed E-state index contributed by atoms with van der Waals surface area (Å²) in [5.41, 5.74) is 1.73. The second-order valence-corrected chi connectivity index (χ2v) is 6.53. The van der Waals surface area contributed by atoms with Crippen molar-refractivity contribution in [2.75, 3.05) is 31.8 Å². The van der Waals surface area contributed by atoms with Crippen LogP contribution in [0.3, 0.4) is 0 Å². The average Bonchev–Trinajstić information content (AvgIpc) is 3.16. The fourth-order valence-corrected chi connectivity index (χ4v) is 3.14. The first-order chi connectivity index (χ1) is 15.1. The SMILES string of the molecule is C=N/C(OC)=C(\C(=C)OC)n1c(-c2cccc(OCC)n2)nc2ncc(NSC)nc21. The van der Waals surface area contributed by atoms with Crippen LogP contribution in [-0.4, -0.2) is 58.3 Å². The highest BCUT2D eigenvalue weighted by Crippen LogP contribution is 2.32. The van der Waals surface area contributed by atoms with Crippen molar-refractivity contribution in [2.24, 2.45) is 4.99 Å². The van der Waals surface area contributed by atoms with Crippen LogP contribution >= 0.6 is 11.9 Å². The minimum Gasteiger partial charge on any atom is -0.495 e. The highest BCUT2D eigenvalue weighted by Gasteiger charge is 2.25. The Hall–Kier alpha value is -3.60. The number of anilines is 1. The van der Waals surface area contributed by atoms with Gasteiger partial charge in [0, 0.05) is 12.3 Å². The van der Waals surface area contributed by atoms with Gasteiger partial charge < -0.3 is 18.9 Å². The van der Waals surface area contributed by atoms with Crippen LogP contribution in [0.15, 0.2) is 47.6 Å². The van der Waals surface area contributed by atoms with Gasteiger partial charge in [0.05, 0.1) is 27.0 Å². The van der Waals surface area contributed by atoms with Crippen molar-refractivity contribution in [3.05, 3.63) is 42.6 Å². The van der Waals surface area contributed by atoms with E-state index in [2.05, 4.69) is 42.9 Å². The lowest BCUT2D eigenvalue weighted by Crippen LogP contribution is -2.09. The molecule has 162 valence electrons. The first-order valence-corrected chi connectivity index (χ1v) is 10.4. The number of hydrogen-bond acceptors (Lipinski definition) is 10. The summed E-state index contributed by atoms with van der Waals surface area (Å²) in [5, 5.41) is 0. The number of imidazole rings is 1. The van der Waals surface area contributed by atoms with Crippen molar-refractivity contribution in [1.29, 1.82) is 0 Å². The lowest BCUT2D eigenvalue weighted by molar-refractivity contribution is 0.276. The third-order valence-electron chi connectivity index (χ3n) is 4.10. The van der Waals surface area contributed by atoms with Crippen LogP contribution in [0.1, 0.15) is 6.92 Å². The molecular formula is C20H23N7O3S. The molecule has 0 atom stereocenters. The Morgan fingerprint density at radius 2 is 2.03 bits per heavy atom. The van der Waals surface area contributed by atoms with Gasteiger partial charge >= 0.3 is 0 Å². The van der Waals surface area contributed by atoms with Crippen LogP contribution in [0, 0.1) is 0 Å². The molecule has 0 aliphatic rings. The summed E-state index contributed by atoms with van der Waals surface area (Å²) in [7, 11) is 2.98. The fraction of sp³-hybridized carbons (Fsp3) is 0.250. The third kappa shape index (κ3) is 4.45. The minimum atomic E-state index is 0.179. The number of aromatic nitrogens is 5. The van der Waals surface area contributed by atoms with Gasteiger partial charge in [-0.05, 0) is 19.7 Å². The van der Waals surface area contributed by atoms with E-state index in [0.29, 0.717) is 46.8 Å². The molecule has 0 unspecified atom stereocenters. The average molecular weight is 442 g/mol. The summed E-state index contributed by atoms with van der Waals surface area (Å²) in [6.45, 7) is 9.96. The van der Waals surface area contributed by atoms with E-state index in [0.717, 1.165) is 0 Å². The molecule has 0 fully saturated rings. The van der Waals surface area contributed by atoms with Crippen molar-refractivity contribution >= 4 is 41.5 Å². The third-order valence-corrected chi connectivity index (χ3v) is 4.51. The normalized spacial score (nSPS) is 11.6. The molecule has 3 aromatic rings. The number of allylic oxidation sites excluding steroid dienone is 1. The second-order valence-electron chi connectivity index (χ2n) is 5.92. The number of rotatable bonds is 10. The molecule has 0 radical (unpaired) electrons. The van der Waals surface area contributed by atoms with Crippen LogP contribution in [0.25, 0.3) is 28.5 Å². The molecule has 3 heterocycles. The smallest absolute Gasteiger partial charge is 0.241 e. The number of nitrogens with zero attached hydrogens (tertiary/aromatic N) is 6. The van der Waals surface area contributed by atoms with E-state index in [-0.39, 0.29) is 11.6 Å². The first-order valence-electron chi connectivity index (χ1n) is 9.21. The van der Waals surface area contributed by atoms with Gasteiger partial charge in [0.1, 0.15) is 11.5 Å². The Bertz CT molecular complexity index is 1140. The van der Waals surface area contributed by atoms with E-state index in [1.807, 2.05) is 25.3 Å². The standard InChI is InChI=1S/C20H23N7O3S/c1-7-30-15-10-8-9-13(23-15)18-25-17-19(24-14(11-22-17)26-31-6)27(18)16(12(2)28-4)20(21-3)29-5/h8-11H,2-3,7H2,1,4-6H3,(H,24,26)/b20-16-. The first kappa shape index (κ1) is 22.1. The fourth-order valence-electron chi connectivity index (χ4n) is 2.83. The lowest BCUT2D eigenvalue weighted by Gasteiger charge is -2.16. The Balaban J connectivity index is 2.39. The number of ether oxygens (including phenoxy) is 3. The Labute approximate surface area is 184 Å². The van der Waals surface area contributed by atoms with Gasteiger partial charge in [0.25, 0.3) is 0 Å². The molecular weight excluding hydrogens is 418 g/mol. The highest BCUT2D eigenvalue weighted by atomic mass is 32.2. The predicted octanol–water partition coefficient (Wildman–Crippen LogP) is 3.61. The van der Waals surface area contributed by atoms with Crippen molar-refractivity contribution in [3.63, 3.8) is 0 Å². The van der Waals surface area contributed by atoms with Crippen molar-refractivity contribution in [2.45, 2.75) is 6.92 Å². The molecule has 0 saturated carbocycles. The predicted molar refractivity (Wildman–Crippen MR) is 123 cm³/mol. The van der Waals surface area contributed by atoms with Gasteiger partial charge in [-0.1, -0.05) is 24.6 Å². The quantitative estimate of drug-likeness (QED) is 0.218. The maximum atomic E-state index is 5.55. The zero-order valence-corrected chi connectivity index (χ0v) is 18.6. The van der Waals surface area contributed by atoms with E-state index in [1.165, 1.54) is 26.2 Å². The van der Waals surface area contributed by atoms with Gasteiger partial charge in [-0.2, -0.15) is 0 Å². The number of fused-ring (bicyclic) bond motifs is 1. The number of methoxy groups -OCH3 is 2. The van der Waals surface area contributed by atoms with Crippen LogP contribution in [0.4, 0.5) is 5.82 Å². The maximum Gasteiger partial charge on any atom is 0.241 e. The number of aliphatic imine (C=N–C) groups is 1. The number of pyridine rings is 1. The summed E-state index contributed by atoms with van der Waals surface area (Å²) in [5.74, 6) is 1.91. The zero-order chi connectivity index (χ0) is 22.4. The molecule has 10 nitrogen and oxygen atoms in total. The summed E-state index contributed by atoms with van der Waals surface area (Å²) < 4.78 is 21.2. The van der Waals surface area contributed by atoms with Crippen molar-refractivity contribution in [3.8, 4) is 17.4 Å². The molecule has 0 saturated heterocycles. The van der Waals surface area contributed by atoms with Crippen LogP contribution < -0.4 is 9.46 Å². The highest BCUT2D eigenvalue weighted by molar-refractivity contribution is 7.99. The molecule has 31 heavy (non-hydrogen) atoms. The lowest BCUT2D eigenvalue weighted by atomic mass is 10.3. The van der Waals surface area contributed by atoms with Crippen molar-refractivity contribution < 1.29 is 14.2 Å². The largest absolute Gasteiger partial charge is 0.495 e. The Morgan fingerprint density at radius 1 is 1.23 bits per heavy atom. The molecule has 1 N–H and O–H groups in total. The van der Waals surface area contributed by atoms with E-state index in [1.54, 1.807) is 16.8 Å². The van der Waals surface area contributed by atoms with Gasteiger partial charge in [-0.15, -0.1) is 0 Å².